The average molecular weight is 245 g/mol. The van der Waals surface area contributed by atoms with E-state index in [0.29, 0.717) is 13.0 Å². The van der Waals surface area contributed by atoms with E-state index >= 15 is 0 Å². The van der Waals surface area contributed by atoms with Crippen LogP contribution in [0.25, 0.3) is 0 Å². The predicted octanol–water partition coefficient (Wildman–Crippen LogP) is 1.57. The van der Waals surface area contributed by atoms with E-state index in [0.717, 1.165) is 6.42 Å². The molecule has 4 nitrogen and oxygen atoms in total. The fourth-order valence-corrected chi connectivity index (χ4v) is 1.67. The van der Waals surface area contributed by atoms with Gasteiger partial charge in [-0.15, -0.1) is 0 Å². The molecule has 2 unspecified atom stereocenters. The molecule has 0 aromatic carbocycles. The summed E-state index contributed by atoms with van der Waals surface area (Å²) in [4.78, 5) is 11.8. The average Bonchev–Trinajstić information content (AvgIpc) is 2.22. The second-order valence-corrected chi connectivity index (χ2v) is 5.84. The normalized spacial score (nSPS) is 15.4. The number of aliphatic hydroxyl groups is 1. The molecule has 2 atom stereocenters. The Morgan fingerprint density at radius 3 is 2.41 bits per heavy atom. The van der Waals surface area contributed by atoms with Gasteiger partial charge in [-0.1, -0.05) is 27.7 Å². The molecule has 0 spiro atoms. The SMILES string of the molecule is COCCC(C)C(=O)NC(CO)CC(C)(C)C. The zero-order valence-corrected chi connectivity index (χ0v) is 11.7. The highest BCUT2D eigenvalue weighted by molar-refractivity contribution is 5.78. The van der Waals surface area contributed by atoms with Gasteiger partial charge in [0, 0.05) is 19.6 Å². The zero-order chi connectivity index (χ0) is 13.5. The van der Waals surface area contributed by atoms with Gasteiger partial charge < -0.3 is 15.2 Å². The van der Waals surface area contributed by atoms with Crippen LogP contribution in [0.3, 0.4) is 0 Å². The third kappa shape index (κ3) is 8.16. The summed E-state index contributed by atoms with van der Waals surface area (Å²) in [5.74, 6) is -0.0886. The fourth-order valence-electron chi connectivity index (χ4n) is 1.67. The minimum atomic E-state index is -0.160. The minimum absolute atomic E-state index is 0.00894. The van der Waals surface area contributed by atoms with Gasteiger partial charge in [-0.3, -0.25) is 4.79 Å². The molecule has 102 valence electrons. The number of nitrogens with one attached hydrogen (secondary N) is 1. The summed E-state index contributed by atoms with van der Waals surface area (Å²) in [5, 5.41) is 12.1. The van der Waals surface area contributed by atoms with Crippen LogP contribution >= 0.6 is 0 Å². The molecular weight excluding hydrogens is 218 g/mol. The summed E-state index contributed by atoms with van der Waals surface area (Å²) in [5.41, 5.74) is 0.0937. The summed E-state index contributed by atoms with van der Waals surface area (Å²) in [6.07, 6.45) is 1.47. The topological polar surface area (TPSA) is 58.6 Å². The second-order valence-electron chi connectivity index (χ2n) is 5.84. The highest BCUT2D eigenvalue weighted by atomic mass is 16.5. The van der Waals surface area contributed by atoms with E-state index in [4.69, 9.17) is 4.74 Å². The van der Waals surface area contributed by atoms with E-state index in [9.17, 15) is 9.90 Å². The maximum absolute atomic E-state index is 11.8. The van der Waals surface area contributed by atoms with Crippen LogP contribution in [0.4, 0.5) is 0 Å². The Hall–Kier alpha value is -0.610. The lowest BCUT2D eigenvalue weighted by Crippen LogP contribution is -2.42. The molecule has 17 heavy (non-hydrogen) atoms. The maximum Gasteiger partial charge on any atom is 0.223 e. The van der Waals surface area contributed by atoms with Gasteiger partial charge in [-0.25, -0.2) is 0 Å². The van der Waals surface area contributed by atoms with Crippen LogP contribution in [-0.4, -0.2) is 37.4 Å². The Balaban J connectivity index is 4.14. The molecule has 0 saturated carbocycles. The summed E-state index contributed by atoms with van der Waals surface area (Å²) < 4.78 is 4.95. The number of rotatable bonds is 7. The van der Waals surface area contributed by atoms with Crippen molar-refractivity contribution in [3.8, 4) is 0 Å². The van der Waals surface area contributed by atoms with E-state index in [1.165, 1.54) is 0 Å². The number of carbonyl (C=O) groups excluding carboxylic acids is 1. The number of carbonyl (C=O) groups is 1. The largest absolute Gasteiger partial charge is 0.394 e. The Morgan fingerprint density at radius 2 is 2.00 bits per heavy atom. The van der Waals surface area contributed by atoms with Crippen LogP contribution in [0.15, 0.2) is 0 Å². The molecule has 0 aromatic heterocycles. The van der Waals surface area contributed by atoms with Crippen molar-refractivity contribution in [1.29, 1.82) is 0 Å². The van der Waals surface area contributed by atoms with Crippen molar-refractivity contribution in [2.45, 2.75) is 46.6 Å². The summed E-state index contributed by atoms with van der Waals surface area (Å²) in [6.45, 7) is 8.72. The van der Waals surface area contributed by atoms with Crippen LogP contribution in [0.1, 0.15) is 40.5 Å². The monoisotopic (exact) mass is 245 g/mol. The first-order chi connectivity index (χ1) is 7.80. The highest BCUT2D eigenvalue weighted by Crippen LogP contribution is 2.20. The van der Waals surface area contributed by atoms with Gasteiger partial charge in [0.1, 0.15) is 0 Å². The third-order valence-corrected chi connectivity index (χ3v) is 2.63. The lowest BCUT2D eigenvalue weighted by molar-refractivity contribution is -0.126. The van der Waals surface area contributed by atoms with Crippen molar-refractivity contribution in [2.75, 3.05) is 20.3 Å². The molecule has 0 aliphatic rings. The van der Waals surface area contributed by atoms with Crippen molar-refractivity contribution in [3.05, 3.63) is 0 Å². The predicted molar refractivity (Wildman–Crippen MR) is 68.7 cm³/mol. The molecule has 1 amide bonds. The summed E-state index contributed by atoms with van der Waals surface area (Å²) in [6, 6.07) is -0.160. The maximum atomic E-state index is 11.8. The van der Waals surface area contributed by atoms with Gasteiger partial charge in [-0.2, -0.15) is 0 Å². The van der Waals surface area contributed by atoms with Crippen LogP contribution < -0.4 is 5.32 Å². The minimum Gasteiger partial charge on any atom is -0.394 e. The molecule has 0 bridgehead atoms. The number of amides is 1. The highest BCUT2D eigenvalue weighted by Gasteiger charge is 2.21. The third-order valence-electron chi connectivity index (χ3n) is 2.63. The molecule has 0 aromatic rings. The molecule has 0 saturated heterocycles. The van der Waals surface area contributed by atoms with Gasteiger partial charge >= 0.3 is 0 Å². The van der Waals surface area contributed by atoms with E-state index in [1.54, 1.807) is 7.11 Å². The van der Waals surface area contributed by atoms with Crippen molar-refractivity contribution < 1.29 is 14.6 Å². The Labute approximate surface area is 105 Å². The lowest BCUT2D eigenvalue weighted by atomic mass is 9.88. The Morgan fingerprint density at radius 1 is 1.41 bits per heavy atom. The molecule has 4 heteroatoms. The Bertz CT molecular complexity index is 223. The molecule has 0 aliphatic carbocycles. The summed E-state index contributed by atoms with van der Waals surface area (Å²) in [7, 11) is 1.63. The molecule has 0 heterocycles. The molecule has 0 radical (unpaired) electrons. The molecule has 2 N–H and O–H groups in total. The van der Waals surface area contributed by atoms with Crippen LogP contribution in [0.5, 0.6) is 0 Å². The fraction of sp³-hybridized carbons (Fsp3) is 0.923. The van der Waals surface area contributed by atoms with Crippen LogP contribution in [0.2, 0.25) is 0 Å². The van der Waals surface area contributed by atoms with E-state index in [-0.39, 0.29) is 29.9 Å². The number of hydrogen-bond donors (Lipinski definition) is 2. The quantitative estimate of drug-likeness (QED) is 0.716. The van der Waals surface area contributed by atoms with Crippen molar-refractivity contribution in [2.24, 2.45) is 11.3 Å². The van der Waals surface area contributed by atoms with Crippen molar-refractivity contribution in [1.82, 2.24) is 5.32 Å². The molecule has 0 aliphatic heterocycles. The van der Waals surface area contributed by atoms with E-state index in [2.05, 4.69) is 26.1 Å². The number of ether oxygens (including phenoxy) is 1. The number of hydrogen-bond acceptors (Lipinski definition) is 3. The number of aliphatic hydroxyl groups excluding tert-OH is 1. The van der Waals surface area contributed by atoms with Gasteiger partial charge in [0.15, 0.2) is 0 Å². The first kappa shape index (κ1) is 16.4. The van der Waals surface area contributed by atoms with Gasteiger partial charge in [0.2, 0.25) is 5.91 Å². The summed E-state index contributed by atoms with van der Waals surface area (Å²) >= 11 is 0. The smallest absolute Gasteiger partial charge is 0.223 e. The van der Waals surface area contributed by atoms with Gasteiger partial charge in [0.25, 0.3) is 0 Å². The second kappa shape index (κ2) is 7.67. The van der Waals surface area contributed by atoms with E-state index < -0.39 is 0 Å². The molecular formula is C13H27NO3. The molecule has 0 fully saturated rings. The van der Waals surface area contributed by atoms with Crippen molar-refractivity contribution >= 4 is 5.91 Å². The zero-order valence-electron chi connectivity index (χ0n) is 11.7. The van der Waals surface area contributed by atoms with Crippen molar-refractivity contribution in [3.63, 3.8) is 0 Å². The lowest BCUT2D eigenvalue weighted by Gasteiger charge is -2.26. The standard InChI is InChI=1S/C13H27NO3/c1-10(6-7-17-5)12(16)14-11(9-15)8-13(2,3)4/h10-11,15H,6-9H2,1-5H3,(H,14,16). The van der Waals surface area contributed by atoms with Crippen LogP contribution in [0, 0.1) is 11.3 Å². The first-order valence-electron chi connectivity index (χ1n) is 6.20. The Kier molecular flexibility index (Phi) is 7.39. The number of methoxy groups -OCH3 is 1. The van der Waals surface area contributed by atoms with Crippen LogP contribution in [-0.2, 0) is 9.53 Å². The van der Waals surface area contributed by atoms with Gasteiger partial charge in [0.05, 0.1) is 12.6 Å². The van der Waals surface area contributed by atoms with Gasteiger partial charge in [-0.05, 0) is 18.3 Å². The molecule has 0 rings (SSSR count). The van der Waals surface area contributed by atoms with E-state index in [1.807, 2.05) is 6.92 Å². The first-order valence-corrected chi connectivity index (χ1v) is 6.20.